The summed E-state index contributed by atoms with van der Waals surface area (Å²) in [5.41, 5.74) is 0.303. The van der Waals surface area contributed by atoms with Crippen LogP contribution in [0, 0.1) is 5.92 Å². The summed E-state index contributed by atoms with van der Waals surface area (Å²) in [6.45, 7) is 4.66. The van der Waals surface area contributed by atoms with Gasteiger partial charge in [-0.15, -0.1) is 0 Å². The van der Waals surface area contributed by atoms with Crippen molar-refractivity contribution in [2.75, 3.05) is 21.1 Å². The lowest BCUT2D eigenvalue weighted by Crippen LogP contribution is -2.56. The van der Waals surface area contributed by atoms with E-state index in [0.29, 0.717) is 11.6 Å². The zero-order valence-corrected chi connectivity index (χ0v) is 10.4. The van der Waals surface area contributed by atoms with Gasteiger partial charge in [0.2, 0.25) is 0 Å². The summed E-state index contributed by atoms with van der Waals surface area (Å²) >= 11 is 0. The molecule has 0 spiro atoms. The molecular weight excluding hydrogens is 172 g/mol. The first-order valence-corrected chi connectivity index (χ1v) is 5.89. The third-order valence-corrected chi connectivity index (χ3v) is 4.10. The fourth-order valence-corrected chi connectivity index (χ4v) is 2.24. The molecule has 0 aliphatic heterocycles. The van der Waals surface area contributed by atoms with Crippen molar-refractivity contribution in [2.24, 2.45) is 5.92 Å². The number of hydrogen-bond acceptors (Lipinski definition) is 2. The molecule has 2 atom stereocenters. The van der Waals surface area contributed by atoms with Gasteiger partial charge in [0.1, 0.15) is 0 Å². The second-order valence-corrected chi connectivity index (χ2v) is 5.13. The standard InChI is InChI=1S/C12H26N2/c1-6-12(2,14(4)5)11(13-3)9-10-7-8-10/h10-11,13H,6-9H2,1-5H3. The average molecular weight is 198 g/mol. The predicted octanol–water partition coefficient (Wildman–Crippen LogP) is 2.10. The average Bonchev–Trinajstić information content (AvgIpc) is 2.96. The third-order valence-electron chi connectivity index (χ3n) is 4.10. The van der Waals surface area contributed by atoms with Crippen molar-refractivity contribution in [1.82, 2.24) is 10.2 Å². The largest absolute Gasteiger partial charge is 0.315 e. The van der Waals surface area contributed by atoms with Gasteiger partial charge in [0, 0.05) is 11.6 Å². The van der Waals surface area contributed by atoms with Crippen molar-refractivity contribution in [1.29, 1.82) is 0 Å². The summed E-state index contributed by atoms with van der Waals surface area (Å²) in [5, 5.41) is 3.50. The van der Waals surface area contributed by atoms with Crippen LogP contribution < -0.4 is 5.32 Å². The number of nitrogens with one attached hydrogen (secondary N) is 1. The van der Waals surface area contributed by atoms with E-state index in [1.54, 1.807) is 0 Å². The monoisotopic (exact) mass is 198 g/mol. The van der Waals surface area contributed by atoms with Crippen LogP contribution in [0.25, 0.3) is 0 Å². The molecule has 0 amide bonds. The van der Waals surface area contributed by atoms with Gasteiger partial charge >= 0.3 is 0 Å². The maximum absolute atomic E-state index is 3.50. The summed E-state index contributed by atoms with van der Waals surface area (Å²) < 4.78 is 0. The molecule has 1 N–H and O–H groups in total. The molecule has 1 fully saturated rings. The van der Waals surface area contributed by atoms with E-state index in [1.165, 1.54) is 25.7 Å². The fraction of sp³-hybridized carbons (Fsp3) is 1.00. The van der Waals surface area contributed by atoms with E-state index in [0.717, 1.165) is 5.92 Å². The van der Waals surface area contributed by atoms with Gasteiger partial charge in [-0.05, 0) is 46.8 Å². The zero-order chi connectivity index (χ0) is 10.8. The first-order chi connectivity index (χ1) is 6.54. The highest BCUT2D eigenvalue weighted by atomic mass is 15.2. The zero-order valence-electron chi connectivity index (χ0n) is 10.4. The van der Waals surface area contributed by atoms with Crippen LogP contribution in [-0.2, 0) is 0 Å². The van der Waals surface area contributed by atoms with Crippen LogP contribution in [0.2, 0.25) is 0 Å². The van der Waals surface area contributed by atoms with E-state index in [-0.39, 0.29) is 0 Å². The molecule has 2 heteroatoms. The number of likely N-dealkylation sites (N-methyl/N-ethyl adjacent to an activating group) is 2. The predicted molar refractivity (Wildman–Crippen MR) is 62.6 cm³/mol. The molecule has 2 nitrogen and oxygen atoms in total. The Bertz CT molecular complexity index is 175. The molecule has 0 aromatic heterocycles. The molecule has 0 bridgehead atoms. The Balaban J connectivity index is 2.61. The molecule has 0 aromatic rings. The van der Waals surface area contributed by atoms with Crippen LogP contribution in [0.3, 0.4) is 0 Å². The minimum atomic E-state index is 0.303. The molecule has 1 aliphatic carbocycles. The Morgan fingerprint density at radius 3 is 2.29 bits per heavy atom. The highest BCUT2D eigenvalue weighted by Gasteiger charge is 2.37. The lowest BCUT2D eigenvalue weighted by molar-refractivity contribution is 0.109. The summed E-state index contributed by atoms with van der Waals surface area (Å²) in [5.74, 6) is 0.998. The molecule has 0 radical (unpaired) electrons. The maximum Gasteiger partial charge on any atom is 0.0325 e. The van der Waals surface area contributed by atoms with Crippen LogP contribution in [0.5, 0.6) is 0 Å². The smallest absolute Gasteiger partial charge is 0.0325 e. The quantitative estimate of drug-likeness (QED) is 0.703. The first-order valence-electron chi connectivity index (χ1n) is 5.89. The summed E-state index contributed by atoms with van der Waals surface area (Å²) in [4.78, 5) is 2.37. The number of hydrogen-bond donors (Lipinski definition) is 1. The van der Waals surface area contributed by atoms with Gasteiger partial charge in [-0.3, -0.25) is 0 Å². The Morgan fingerprint density at radius 1 is 1.43 bits per heavy atom. The van der Waals surface area contributed by atoms with Gasteiger partial charge in [-0.1, -0.05) is 19.8 Å². The van der Waals surface area contributed by atoms with Crippen molar-refractivity contribution < 1.29 is 0 Å². The highest BCUT2D eigenvalue weighted by molar-refractivity contribution is 4.96. The fourth-order valence-electron chi connectivity index (χ4n) is 2.24. The van der Waals surface area contributed by atoms with Gasteiger partial charge in [0.25, 0.3) is 0 Å². The first kappa shape index (κ1) is 12.0. The SMILES string of the molecule is CCC(C)(C(CC1CC1)NC)N(C)C. The molecule has 1 aliphatic rings. The van der Waals surface area contributed by atoms with Crippen LogP contribution in [0.1, 0.15) is 39.5 Å². The van der Waals surface area contributed by atoms with Crippen molar-refractivity contribution in [2.45, 2.75) is 51.1 Å². The molecule has 1 rings (SSSR count). The van der Waals surface area contributed by atoms with Gasteiger partial charge in [0.15, 0.2) is 0 Å². The second kappa shape index (κ2) is 4.63. The van der Waals surface area contributed by atoms with E-state index in [2.05, 4.69) is 45.2 Å². The van der Waals surface area contributed by atoms with Gasteiger partial charge in [0.05, 0.1) is 0 Å². The normalized spacial score (nSPS) is 23.6. The molecule has 84 valence electrons. The molecule has 0 saturated heterocycles. The van der Waals surface area contributed by atoms with Gasteiger partial charge in [-0.25, -0.2) is 0 Å². The van der Waals surface area contributed by atoms with Gasteiger partial charge < -0.3 is 10.2 Å². The molecule has 14 heavy (non-hydrogen) atoms. The molecular formula is C12H26N2. The van der Waals surface area contributed by atoms with Crippen molar-refractivity contribution in [3.05, 3.63) is 0 Å². The molecule has 0 heterocycles. The van der Waals surface area contributed by atoms with Crippen LogP contribution in [-0.4, -0.2) is 37.6 Å². The van der Waals surface area contributed by atoms with Crippen molar-refractivity contribution in [3.63, 3.8) is 0 Å². The van der Waals surface area contributed by atoms with E-state index in [4.69, 9.17) is 0 Å². The maximum atomic E-state index is 3.50. The Morgan fingerprint density at radius 2 is 2.00 bits per heavy atom. The molecule has 1 saturated carbocycles. The van der Waals surface area contributed by atoms with E-state index in [9.17, 15) is 0 Å². The van der Waals surface area contributed by atoms with E-state index >= 15 is 0 Å². The topological polar surface area (TPSA) is 15.3 Å². The van der Waals surface area contributed by atoms with E-state index < -0.39 is 0 Å². The lowest BCUT2D eigenvalue weighted by Gasteiger charge is -2.43. The second-order valence-electron chi connectivity index (χ2n) is 5.13. The van der Waals surface area contributed by atoms with Crippen LogP contribution >= 0.6 is 0 Å². The summed E-state index contributed by atoms with van der Waals surface area (Å²) in [6.07, 6.45) is 5.45. The van der Waals surface area contributed by atoms with Crippen molar-refractivity contribution in [3.8, 4) is 0 Å². The minimum Gasteiger partial charge on any atom is -0.315 e. The minimum absolute atomic E-state index is 0.303. The van der Waals surface area contributed by atoms with Crippen LogP contribution in [0.4, 0.5) is 0 Å². The Hall–Kier alpha value is -0.0800. The summed E-state index contributed by atoms with van der Waals surface area (Å²) in [6, 6.07) is 0.634. The van der Waals surface area contributed by atoms with Crippen molar-refractivity contribution >= 4 is 0 Å². The van der Waals surface area contributed by atoms with E-state index in [1.807, 2.05) is 0 Å². The Labute approximate surface area is 89.1 Å². The number of nitrogens with zero attached hydrogens (tertiary/aromatic N) is 1. The molecule has 2 unspecified atom stereocenters. The number of rotatable bonds is 6. The van der Waals surface area contributed by atoms with Crippen LogP contribution in [0.15, 0.2) is 0 Å². The van der Waals surface area contributed by atoms with Gasteiger partial charge in [-0.2, -0.15) is 0 Å². The summed E-state index contributed by atoms with van der Waals surface area (Å²) in [7, 11) is 6.49. The Kier molecular flexibility index (Phi) is 3.96. The third kappa shape index (κ3) is 2.48. The highest BCUT2D eigenvalue weighted by Crippen LogP contribution is 2.37. The lowest BCUT2D eigenvalue weighted by atomic mass is 9.85. The molecule has 0 aromatic carbocycles.